The minimum Gasteiger partial charge on any atom is -0.453 e. The van der Waals surface area contributed by atoms with E-state index in [1.807, 2.05) is 59.5 Å². The number of aliphatic imine (C=N–C) groups is 1. The van der Waals surface area contributed by atoms with E-state index in [0.29, 0.717) is 13.1 Å². The minimum atomic E-state index is -0.722. The first kappa shape index (κ1) is 35.1. The van der Waals surface area contributed by atoms with Crippen LogP contribution >= 0.6 is 0 Å². The molecule has 0 aliphatic carbocycles. The maximum atomic E-state index is 13.4. The average Bonchev–Trinajstić information content (AvgIpc) is 3.96. The zero-order valence-electron chi connectivity index (χ0n) is 28.9. The molecule has 2 aliphatic heterocycles. The largest absolute Gasteiger partial charge is 0.453 e. The van der Waals surface area contributed by atoms with Gasteiger partial charge in [-0.2, -0.15) is 0 Å². The predicted molar refractivity (Wildman–Crippen MR) is 197 cm³/mol. The second-order valence-corrected chi connectivity index (χ2v) is 12.8. The molecule has 0 saturated carbocycles. The Kier molecular flexibility index (Phi) is 10.9. The molecule has 3 amide bonds. The van der Waals surface area contributed by atoms with E-state index >= 15 is 0 Å². The van der Waals surface area contributed by atoms with Gasteiger partial charge < -0.3 is 35.9 Å². The molecule has 0 radical (unpaired) electrons. The summed E-state index contributed by atoms with van der Waals surface area (Å²) in [6, 6.07) is 24.2. The highest BCUT2D eigenvalue weighted by atomic mass is 16.5. The van der Waals surface area contributed by atoms with Crippen LogP contribution in [0.5, 0.6) is 0 Å². The van der Waals surface area contributed by atoms with Gasteiger partial charge in [-0.15, -0.1) is 0 Å². The Morgan fingerprint density at radius 2 is 1.59 bits per heavy atom. The number of ether oxygens (including phenoxy) is 1. The van der Waals surface area contributed by atoms with Crippen molar-refractivity contribution in [2.45, 2.75) is 56.9 Å². The van der Waals surface area contributed by atoms with E-state index in [0.717, 1.165) is 70.7 Å². The Bertz CT molecular complexity index is 1870. The summed E-state index contributed by atoms with van der Waals surface area (Å²) < 4.78 is 4.64. The lowest BCUT2D eigenvalue weighted by Gasteiger charge is -2.29. The maximum absolute atomic E-state index is 13.4. The van der Waals surface area contributed by atoms with Gasteiger partial charge in [-0.3, -0.25) is 14.6 Å². The minimum absolute atomic E-state index is 0.109. The highest BCUT2D eigenvalue weighted by Crippen LogP contribution is 2.33. The number of nitrogens with one attached hydrogen (secondary N) is 3. The highest BCUT2D eigenvalue weighted by molar-refractivity contribution is 5.86. The number of methoxy groups -OCH3 is 1. The molecule has 2 aliphatic rings. The Morgan fingerprint density at radius 3 is 2.27 bits per heavy atom. The normalized spacial score (nSPS) is 18.6. The number of hydrogen-bond acceptors (Lipinski definition) is 8. The summed E-state index contributed by atoms with van der Waals surface area (Å²) in [5, 5.41) is 6.08. The molecule has 51 heavy (non-hydrogen) atoms. The van der Waals surface area contributed by atoms with Gasteiger partial charge in [-0.25, -0.2) is 9.78 Å². The molecule has 0 spiro atoms. The van der Waals surface area contributed by atoms with E-state index in [2.05, 4.69) is 61.3 Å². The van der Waals surface area contributed by atoms with E-state index in [1.54, 1.807) is 24.2 Å². The first-order chi connectivity index (χ1) is 24.8. The van der Waals surface area contributed by atoms with Crippen molar-refractivity contribution in [2.75, 3.05) is 20.2 Å². The number of carbonyl (C=O) groups excluding carboxylic acids is 3. The van der Waals surface area contributed by atoms with Crippen LogP contribution in [0.2, 0.25) is 0 Å². The third-order valence-corrected chi connectivity index (χ3v) is 9.57. The highest BCUT2D eigenvalue weighted by Gasteiger charge is 2.35. The Morgan fingerprint density at radius 1 is 0.941 bits per heavy atom. The van der Waals surface area contributed by atoms with Crippen molar-refractivity contribution in [1.82, 2.24) is 30.4 Å². The van der Waals surface area contributed by atoms with Crippen LogP contribution in [-0.2, 0) is 14.3 Å². The van der Waals surface area contributed by atoms with Crippen LogP contribution in [-0.4, -0.2) is 76.8 Å². The zero-order chi connectivity index (χ0) is 35.9. The number of amides is 3. The summed E-state index contributed by atoms with van der Waals surface area (Å²) in [5.41, 5.74) is 12.8. The van der Waals surface area contributed by atoms with Gasteiger partial charge in [0.05, 0.1) is 30.7 Å². The van der Waals surface area contributed by atoms with Gasteiger partial charge >= 0.3 is 6.09 Å². The summed E-state index contributed by atoms with van der Waals surface area (Å²) in [4.78, 5) is 53.8. The fourth-order valence-corrected chi connectivity index (χ4v) is 6.83. The van der Waals surface area contributed by atoms with Crippen molar-refractivity contribution >= 4 is 30.3 Å². The molecule has 1 aromatic heterocycles. The molecular weight excluding hydrogens is 644 g/mol. The number of H-pyrrole nitrogens is 1. The van der Waals surface area contributed by atoms with Crippen LogP contribution in [0.25, 0.3) is 28.1 Å². The number of rotatable bonds is 11. The number of nitrogens with two attached hydrogens (primary N) is 1. The lowest BCUT2D eigenvalue weighted by Crippen LogP contribution is -2.47. The lowest BCUT2D eigenvalue weighted by molar-refractivity contribution is -0.134. The van der Waals surface area contributed by atoms with Crippen LogP contribution in [0, 0.1) is 0 Å². The SMILES string of the molecule is C=N/C=C(\NC1CCCN1C(=O)[C@H](N)c1ccccc1)c1ccc(-c2ccc(-c3cnc(C4CCCN4C(=O)[C@H](C)NC(=O)OC)[nH]3)cc2)cc1. The van der Waals surface area contributed by atoms with Crippen molar-refractivity contribution in [1.29, 1.82) is 0 Å². The summed E-state index contributed by atoms with van der Waals surface area (Å²) in [6.07, 6.45) is 5.94. The van der Waals surface area contributed by atoms with Gasteiger partial charge in [0.25, 0.3) is 0 Å². The monoisotopic (exact) mass is 688 g/mol. The van der Waals surface area contributed by atoms with E-state index in [1.165, 1.54) is 7.11 Å². The number of aromatic amines is 1. The van der Waals surface area contributed by atoms with Crippen LogP contribution in [0.15, 0.2) is 96.3 Å². The van der Waals surface area contributed by atoms with E-state index in [4.69, 9.17) is 5.73 Å². The van der Waals surface area contributed by atoms with Crippen LogP contribution < -0.4 is 16.4 Å². The quantitative estimate of drug-likeness (QED) is 0.154. The lowest BCUT2D eigenvalue weighted by atomic mass is 10.0. The van der Waals surface area contributed by atoms with Gasteiger partial charge in [0, 0.05) is 19.3 Å². The molecule has 2 saturated heterocycles. The third kappa shape index (κ3) is 7.86. The molecule has 5 N–H and O–H groups in total. The predicted octanol–water partition coefficient (Wildman–Crippen LogP) is 5.39. The van der Waals surface area contributed by atoms with E-state index in [-0.39, 0.29) is 24.0 Å². The first-order valence-corrected chi connectivity index (χ1v) is 17.2. The Balaban J connectivity index is 1.10. The molecule has 3 heterocycles. The molecule has 264 valence electrons. The van der Waals surface area contributed by atoms with Crippen molar-refractivity contribution in [3.63, 3.8) is 0 Å². The number of nitrogens with zero attached hydrogens (tertiary/aromatic N) is 4. The number of imidazole rings is 1. The average molecular weight is 689 g/mol. The number of carbonyl (C=O) groups is 3. The zero-order valence-corrected chi connectivity index (χ0v) is 28.9. The summed E-state index contributed by atoms with van der Waals surface area (Å²) in [6.45, 7) is 6.55. The second kappa shape index (κ2) is 15.9. The summed E-state index contributed by atoms with van der Waals surface area (Å²) in [7, 11) is 1.27. The van der Waals surface area contributed by atoms with Crippen LogP contribution in [0.4, 0.5) is 4.79 Å². The number of benzene rings is 3. The third-order valence-electron chi connectivity index (χ3n) is 9.57. The number of hydrogen-bond donors (Lipinski definition) is 4. The Labute approximate surface area is 297 Å². The standard InChI is InChI=1S/C39H44N8O4/c1-25(43-39(50)51-3)37(48)46-21-7-11-33(46)36-42-24-32(45-36)29-19-15-27(16-20-29)26-13-17-28(18-14-26)31(23-41-2)44-34-12-8-22-47(34)38(49)35(40)30-9-5-4-6-10-30/h4-6,9-10,13-20,23-25,33-35,44H,2,7-8,11-12,21-22,40H2,1,3H3,(H,42,45)(H,43,50)/b31-23-/t25-,33?,34?,35+/m0/s1. The smallest absolute Gasteiger partial charge is 0.407 e. The van der Waals surface area contributed by atoms with Gasteiger partial charge in [0.1, 0.15) is 24.1 Å². The molecule has 2 unspecified atom stereocenters. The van der Waals surface area contributed by atoms with Crippen molar-refractivity contribution in [3.8, 4) is 22.4 Å². The van der Waals surface area contributed by atoms with Gasteiger partial charge in [-0.1, -0.05) is 78.9 Å². The summed E-state index contributed by atoms with van der Waals surface area (Å²) >= 11 is 0. The maximum Gasteiger partial charge on any atom is 0.407 e. The first-order valence-electron chi connectivity index (χ1n) is 17.2. The van der Waals surface area contributed by atoms with Crippen molar-refractivity contribution in [2.24, 2.45) is 10.7 Å². The molecule has 4 aromatic rings. The molecule has 0 bridgehead atoms. The fourth-order valence-electron chi connectivity index (χ4n) is 6.83. The molecule has 4 atom stereocenters. The number of likely N-dealkylation sites (tertiary alicyclic amines) is 2. The van der Waals surface area contributed by atoms with Crippen LogP contribution in [0.3, 0.4) is 0 Å². The summed E-state index contributed by atoms with van der Waals surface area (Å²) in [5.74, 6) is 0.438. The van der Waals surface area contributed by atoms with Gasteiger partial charge in [0.15, 0.2) is 0 Å². The molecular formula is C39H44N8O4. The van der Waals surface area contributed by atoms with Crippen molar-refractivity contribution in [3.05, 3.63) is 108 Å². The second-order valence-electron chi connectivity index (χ2n) is 12.8. The Hall–Kier alpha value is -5.75. The van der Waals surface area contributed by atoms with E-state index < -0.39 is 18.2 Å². The molecule has 3 aromatic carbocycles. The molecule has 12 heteroatoms. The topological polar surface area (TPSA) is 158 Å². The van der Waals surface area contributed by atoms with Gasteiger partial charge in [0.2, 0.25) is 11.8 Å². The molecule has 12 nitrogen and oxygen atoms in total. The number of aromatic nitrogens is 2. The molecule has 6 rings (SSSR count). The number of alkyl carbamates (subject to hydrolysis) is 1. The fraction of sp³-hybridized carbons (Fsp3) is 0.308. The van der Waals surface area contributed by atoms with Crippen molar-refractivity contribution < 1.29 is 19.1 Å². The van der Waals surface area contributed by atoms with Crippen LogP contribution in [0.1, 0.15) is 61.6 Å². The van der Waals surface area contributed by atoms with Gasteiger partial charge in [-0.05, 0) is 67.1 Å². The molecule has 2 fully saturated rings. The van der Waals surface area contributed by atoms with E-state index in [9.17, 15) is 14.4 Å².